The fourth-order valence-corrected chi connectivity index (χ4v) is 0.513. The van der Waals surface area contributed by atoms with Crippen LogP contribution in [0.3, 0.4) is 0 Å². The van der Waals surface area contributed by atoms with Crippen molar-refractivity contribution in [3.05, 3.63) is 0 Å². The molecule has 4 heteroatoms. The molecular weight excluding hydrogens is 163 g/mol. The van der Waals surface area contributed by atoms with Crippen LogP contribution in [0.15, 0.2) is 0 Å². The molecule has 0 unspecified atom stereocenters. The smallest absolute Gasteiger partial charge is 1.00 e. The molecule has 0 aliphatic rings. The van der Waals surface area contributed by atoms with Crippen LogP contribution >= 0.6 is 12.2 Å². The van der Waals surface area contributed by atoms with E-state index in [1.807, 2.05) is 13.8 Å². The van der Waals surface area contributed by atoms with Gasteiger partial charge in [0.05, 0.1) is 13.2 Å². The van der Waals surface area contributed by atoms with Crippen molar-refractivity contribution in [1.29, 1.82) is 0 Å². The summed E-state index contributed by atoms with van der Waals surface area (Å²) >= 11 is 4.61. The van der Waals surface area contributed by atoms with Crippen LogP contribution in [0.2, 0.25) is 0 Å². The van der Waals surface area contributed by atoms with Crippen LogP contribution < -0.4 is 51.4 Å². The Bertz CT molecular complexity index is 74.0. The fourth-order valence-electron chi connectivity index (χ4n) is 0.277. The molecule has 9 heavy (non-hydrogen) atoms. The Morgan fingerprint density at radius 1 is 1.33 bits per heavy atom. The van der Waals surface area contributed by atoms with E-state index in [1.54, 1.807) is 0 Å². The van der Waals surface area contributed by atoms with Gasteiger partial charge in [-0.1, -0.05) is 0 Å². The third-order valence-corrected chi connectivity index (χ3v) is 0.760. The Balaban J connectivity index is -0.000000245. The fraction of sp³-hybridized carbons (Fsp3) is 0.800. The first kappa shape index (κ1) is 13.0. The van der Waals surface area contributed by atoms with Crippen LogP contribution in [0.5, 0.6) is 0 Å². The summed E-state index contributed by atoms with van der Waals surface area (Å²) < 4.78 is 9.58. The quantitative estimate of drug-likeness (QED) is 0.373. The van der Waals surface area contributed by atoms with E-state index in [0.29, 0.717) is 13.2 Å². The molecule has 0 atom stereocenters. The number of ether oxygens (including phenoxy) is 2. The maximum Gasteiger partial charge on any atom is 1.00 e. The first-order valence-corrected chi connectivity index (χ1v) is 3.01. The van der Waals surface area contributed by atoms with Crippen molar-refractivity contribution in [3.8, 4) is 0 Å². The monoisotopic (exact) mass is 174 g/mol. The van der Waals surface area contributed by atoms with E-state index in [0.717, 1.165) is 0 Å². The molecule has 0 amide bonds. The van der Waals surface area contributed by atoms with Gasteiger partial charge in [-0.05, 0) is 13.8 Å². The van der Waals surface area contributed by atoms with Gasteiger partial charge in [-0.15, -0.1) is 0 Å². The summed E-state index contributed by atoms with van der Waals surface area (Å²) in [5, 5.41) is 0.245. The molecule has 2 nitrogen and oxygen atoms in total. The molecule has 0 aromatic heterocycles. The average Bonchev–Trinajstić information content (AvgIpc) is 1.68. The van der Waals surface area contributed by atoms with Gasteiger partial charge >= 0.3 is 56.6 Å². The summed E-state index contributed by atoms with van der Waals surface area (Å²) in [6.07, 6.45) is 0. The van der Waals surface area contributed by atoms with Crippen molar-refractivity contribution in [2.75, 3.05) is 13.2 Å². The molecule has 0 fully saturated rings. The van der Waals surface area contributed by atoms with Gasteiger partial charge in [-0.2, -0.15) is 0 Å². The van der Waals surface area contributed by atoms with E-state index in [2.05, 4.69) is 12.2 Å². The molecule has 0 aromatic carbocycles. The maximum absolute atomic E-state index is 4.79. The number of thiocarbonyl (C=S) groups is 1. The van der Waals surface area contributed by atoms with Crippen molar-refractivity contribution in [3.63, 3.8) is 0 Å². The minimum Gasteiger partial charge on any atom is -1.00 e. The van der Waals surface area contributed by atoms with E-state index >= 15 is 0 Å². The summed E-state index contributed by atoms with van der Waals surface area (Å²) in [4.78, 5) is 0. The van der Waals surface area contributed by atoms with Gasteiger partial charge in [-0.3, -0.25) is 0 Å². The van der Waals surface area contributed by atoms with Crippen molar-refractivity contribution in [2.45, 2.75) is 13.8 Å². The Morgan fingerprint density at radius 3 is 1.89 bits per heavy atom. The van der Waals surface area contributed by atoms with Gasteiger partial charge in [0, 0.05) is 12.2 Å². The zero-order valence-corrected chi connectivity index (χ0v) is 10.1. The molecule has 0 bridgehead atoms. The summed E-state index contributed by atoms with van der Waals surface area (Å²) in [5.74, 6) is 0. The van der Waals surface area contributed by atoms with E-state index in [9.17, 15) is 0 Å². The second-order valence-electron chi connectivity index (χ2n) is 1.12. The second kappa shape index (κ2) is 9.33. The van der Waals surface area contributed by atoms with Gasteiger partial charge < -0.3 is 10.9 Å². The molecular formula is C5H11KO2S. The molecule has 0 N–H and O–H groups in total. The normalized spacial score (nSPS) is 7.33. The van der Waals surface area contributed by atoms with E-state index in [-0.39, 0.29) is 58.0 Å². The summed E-state index contributed by atoms with van der Waals surface area (Å²) in [6, 6.07) is 0. The zero-order chi connectivity index (χ0) is 6.41. The molecule has 0 heterocycles. The molecule has 0 saturated carbocycles. The zero-order valence-electron chi connectivity index (χ0n) is 7.14. The van der Waals surface area contributed by atoms with Crippen LogP contribution in [-0.4, -0.2) is 18.5 Å². The SMILES string of the molecule is CCOC(=S)OCC.[H-].[K+]. The van der Waals surface area contributed by atoms with Crippen molar-refractivity contribution >= 4 is 17.5 Å². The first-order chi connectivity index (χ1) is 3.81. The Morgan fingerprint density at radius 2 is 1.67 bits per heavy atom. The molecule has 0 aliphatic heterocycles. The van der Waals surface area contributed by atoms with E-state index < -0.39 is 0 Å². The van der Waals surface area contributed by atoms with Gasteiger partial charge in [0.1, 0.15) is 0 Å². The van der Waals surface area contributed by atoms with Gasteiger partial charge in [0.15, 0.2) is 0 Å². The molecule has 0 rings (SSSR count). The third kappa shape index (κ3) is 9.33. The van der Waals surface area contributed by atoms with E-state index in [4.69, 9.17) is 9.47 Å². The standard InChI is InChI=1S/C5H10O2S.K.H/c1-3-6-5(8)7-4-2;;/h3-4H2,1-2H3;;/q;+1;-1. The van der Waals surface area contributed by atoms with Crippen LogP contribution in [0.25, 0.3) is 0 Å². The molecule has 0 radical (unpaired) electrons. The number of hydrogen-bond donors (Lipinski definition) is 0. The van der Waals surface area contributed by atoms with Crippen LogP contribution in [0.1, 0.15) is 15.3 Å². The number of rotatable bonds is 2. The van der Waals surface area contributed by atoms with Gasteiger partial charge in [0.25, 0.3) is 0 Å². The van der Waals surface area contributed by atoms with Crippen LogP contribution in [-0.2, 0) is 9.47 Å². The van der Waals surface area contributed by atoms with Gasteiger partial charge in [-0.25, -0.2) is 0 Å². The maximum atomic E-state index is 4.79. The Hall–Kier alpha value is 1.33. The summed E-state index contributed by atoms with van der Waals surface area (Å²) in [7, 11) is 0. The second-order valence-corrected chi connectivity index (χ2v) is 1.45. The van der Waals surface area contributed by atoms with Crippen molar-refractivity contribution in [1.82, 2.24) is 0 Å². The Kier molecular flexibility index (Phi) is 13.4. The predicted octanol–water partition coefficient (Wildman–Crippen LogP) is -1.54. The molecule has 0 saturated heterocycles. The minimum atomic E-state index is 0. The molecule has 0 aromatic rings. The van der Waals surface area contributed by atoms with Gasteiger partial charge in [0.2, 0.25) is 0 Å². The van der Waals surface area contributed by atoms with Crippen molar-refractivity contribution in [2.24, 2.45) is 0 Å². The predicted molar refractivity (Wildman–Crippen MR) is 37.0 cm³/mol. The topological polar surface area (TPSA) is 18.5 Å². The van der Waals surface area contributed by atoms with Crippen molar-refractivity contribution < 1.29 is 62.3 Å². The minimum absolute atomic E-state index is 0. The third-order valence-electron chi connectivity index (χ3n) is 0.524. The van der Waals surface area contributed by atoms with E-state index in [1.165, 1.54) is 0 Å². The largest absolute Gasteiger partial charge is 1.00 e. The Labute approximate surface area is 105 Å². The molecule has 0 spiro atoms. The van der Waals surface area contributed by atoms with Crippen LogP contribution in [0.4, 0.5) is 0 Å². The molecule has 0 aliphatic carbocycles. The first-order valence-electron chi connectivity index (χ1n) is 2.60. The summed E-state index contributed by atoms with van der Waals surface area (Å²) in [5.41, 5.74) is 0. The number of hydrogen-bond acceptors (Lipinski definition) is 3. The average molecular weight is 174 g/mol. The molecule has 50 valence electrons. The summed E-state index contributed by atoms with van der Waals surface area (Å²) in [6.45, 7) is 4.90. The van der Waals surface area contributed by atoms with Crippen LogP contribution in [0, 0.1) is 0 Å².